The van der Waals surface area contributed by atoms with E-state index in [9.17, 15) is 18.0 Å². The van der Waals surface area contributed by atoms with Gasteiger partial charge in [-0.25, -0.2) is 4.79 Å². The lowest BCUT2D eigenvalue weighted by Gasteiger charge is -2.08. The molecule has 2 aromatic carbocycles. The summed E-state index contributed by atoms with van der Waals surface area (Å²) in [5.41, 5.74) is -0.625. The predicted molar refractivity (Wildman–Crippen MR) is 125 cm³/mol. The summed E-state index contributed by atoms with van der Waals surface area (Å²) in [6, 6.07) is 11.2. The van der Waals surface area contributed by atoms with E-state index in [0.717, 1.165) is 18.6 Å². The Hall–Kier alpha value is -3.92. The van der Waals surface area contributed by atoms with Gasteiger partial charge in [0.2, 0.25) is 0 Å². The van der Waals surface area contributed by atoms with E-state index < -0.39 is 17.7 Å². The fraction of sp³-hybridized carbons (Fsp3) is 0.222. The molecule has 0 atom stereocenters. The van der Waals surface area contributed by atoms with Crippen LogP contribution in [0, 0.1) is 11.8 Å². The number of benzene rings is 2. The van der Waals surface area contributed by atoms with E-state index in [4.69, 9.17) is 14.6 Å². The molecule has 0 saturated carbocycles. The first-order valence-electron chi connectivity index (χ1n) is 10.5. The second-order valence-electron chi connectivity index (χ2n) is 6.87. The van der Waals surface area contributed by atoms with Gasteiger partial charge in [-0.3, -0.25) is 0 Å². The summed E-state index contributed by atoms with van der Waals surface area (Å²) in [6.07, 6.45) is 9.13. The molecule has 1 N–H and O–H groups in total. The normalized spacial score (nSPS) is 11.6. The number of alkyl halides is 3. The Morgan fingerprint density at radius 1 is 0.882 bits per heavy atom. The number of aromatic carboxylic acids is 1. The van der Waals surface area contributed by atoms with Gasteiger partial charge in [-0.2, -0.15) is 13.2 Å². The number of hydrogen-bond donors (Lipinski definition) is 1. The number of allylic oxidation sites excluding steroid dienone is 5. The average molecular weight is 470 g/mol. The molecule has 2 aromatic rings. The van der Waals surface area contributed by atoms with Gasteiger partial charge in [0.15, 0.2) is 0 Å². The van der Waals surface area contributed by atoms with Crippen LogP contribution in [0.15, 0.2) is 85.0 Å². The minimum atomic E-state index is -4.38. The van der Waals surface area contributed by atoms with Crippen molar-refractivity contribution in [2.24, 2.45) is 0 Å². The average Bonchev–Trinajstić information content (AvgIpc) is 2.81. The fourth-order valence-electron chi connectivity index (χ4n) is 2.67. The first kappa shape index (κ1) is 26.3. The Bertz CT molecular complexity index is 1070. The van der Waals surface area contributed by atoms with Crippen molar-refractivity contribution in [1.82, 2.24) is 0 Å². The van der Waals surface area contributed by atoms with Crippen LogP contribution in [0.2, 0.25) is 0 Å². The van der Waals surface area contributed by atoms with E-state index in [-0.39, 0.29) is 24.5 Å². The second kappa shape index (κ2) is 14.3. The van der Waals surface area contributed by atoms with Crippen molar-refractivity contribution < 1.29 is 32.5 Å². The number of halogens is 3. The Labute approximate surface area is 197 Å². The van der Waals surface area contributed by atoms with Crippen molar-refractivity contribution in [2.45, 2.75) is 25.4 Å². The molecule has 4 nitrogen and oxygen atoms in total. The number of carboxylic acids is 1. The fourth-order valence-corrected chi connectivity index (χ4v) is 2.67. The first-order chi connectivity index (χ1) is 16.4. The second-order valence-corrected chi connectivity index (χ2v) is 6.87. The van der Waals surface area contributed by atoms with Gasteiger partial charge < -0.3 is 14.6 Å². The molecule has 0 aromatic heterocycles. The number of carboxylic acid groups (broad SMARTS) is 1. The minimum Gasteiger partial charge on any atom is -0.490 e. The Kier molecular flexibility index (Phi) is 11.1. The molecule has 34 heavy (non-hydrogen) atoms. The predicted octanol–water partition coefficient (Wildman–Crippen LogP) is 6.70. The summed E-state index contributed by atoms with van der Waals surface area (Å²) in [7, 11) is 0. The lowest BCUT2D eigenvalue weighted by Crippen LogP contribution is -2.05. The zero-order valence-electron chi connectivity index (χ0n) is 18.4. The molecule has 0 radical (unpaired) electrons. The molecule has 0 aliphatic rings. The van der Waals surface area contributed by atoms with Crippen LogP contribution >= 0.6 is 0 Å². The number of hydrogen-bond acceptors (Lipinski definition) is 3. The molecule has 178 valence electrons. The Morgan fingerprint density at radius 3 is 2.32 bits per heavy atom. The molecule has 0 heterocycles. The highest BCUT2D eigenvalue weighted by atomic mass is 19.4. The molecule has 0 aliphatic carbocycles. The van der Waals surface area contributed by atoms with E-state index in [1.54, 1.807) is 24.3 Å². The van der Waals surface area contributed by atoms with Crippen molar-refractivity contribution in [3.05, 3.63) is 96.1 Å². The van der Waals surface area contributed by atoms with Gasteiger partial charge in [0.25, 0.3) is 0 Å². The van der Waals surface area contributed by atoms with Gasteiger partial charge in [-0.1, -0.05) is 66.5 Å². The van der Waals surface area contributed by atoms with Crippen LogP contribution in [-0.2, 0) is 6.18 Å². The van der Waals surface area contributed by atoms with E-state index in [1.807, 2.05) is 30.4 Å². The van der Waals surface area contributed by atoms with Crippen LogP contribution in [-0.4, -0.2) is 24.3 Å². The number of para-hydroxylation sites is 1. The largest absolute Gasteiger partial charge is 0.490 e. The highest BCUT2D eigenvalue weighted by molar-refractivity contribution is 5.90. The maximum Gasteiger partial charge on any atom is 0.416 e. The third-order valence-electron chi connectivity index (χ3n) is 4.31. The SMILES string of the molecule is O=C(O)c1ccccc1OCC#CCC=CCC=CCC=CCOc1cccc(C(F)(F)F)c1. The van der Waals surface area contributed by atoms with Crippen molar-refractivity contribution in [2.75, 3.05) is 13.2 Å². The first-order valence-corrected chi connectivity index (χ1v) is 10.5. The Balaban J connectivity index is 1.57. The monoisotopic (exact) mass is 470 g/mol. The molecule has 0 aliphatic heterocycles. The smallest absolute Gasteiger partial charge is 0.416 e. The topological polar surface area (TPSA) is 55.8 Å². The van der Waals surface area contributed by atoms with Crippen molar-refractivity contribution in [1.29, 1.82) is 0 Å². The molecule has 7 heteroatoms. The van der Waals surface area contributed by atoms with E-state index in [0.29, 0.717) is 18.6 Å². The van der Waals surface area contributed by atoms with Crippen molar-refractivity contribution >= 4 is 5.97 Å². The molecule has 0 unspecified atom stereocenters. The zero-order chi connectivity index (χ0) is 24.7. The maximum absolute atomic E-state index is 12.7. The third kappa shape index (κ3) is 10.1. The van der Waals surface area contributed by atoms with Gasteiger partial charge in [-0.15, -0.1) is 0 Å². The molecular formula is C27H25F3O4. The number of rotatable bonds is 11. The van der Waals surface area contributed by atoms with Crippen LogP contribution in [0.1, 0.15) is 35.2 Å². The standard InChI is InChI=1S/C27H25F3O4/c28-27(29,30)22-15-14-16-23(21-22)33-19-12-8-6-4-2-1-3-5-7-9-13-20-34-25-18-11-10-17-24(25)26(31)32/h2-5,8,10-12,14-18,21H,1,6-7,19-20H2,(H,31,32). The van der Waals surface area contributed by atoms with Crippen LogP contribution in [0.5, 0.6) is 11.5 Å². The summed E-state index contributed by atoms with van der Waals surface area (Å²) < 4.78 is 48.7. The summed E-state index contributed by atoms with van der Waals surface area (Å²) in [5.74, 6) is 5.21. The molecule has 0 fully saturated rings. The molecule has 0 saturated heterocycles. The minimum absolute atomic E-state index is 0.106. The molecule has 0 amide bonds. The highest BCUT2D eigenvalue weighted by Gasteiger charge is 2.30. The highest BCUT2D eigenvalue weighted by Crippen LogP contribution is 2.31. The van der Waals surface area contributed by atoms with Crippen LogP contribution in [0.25, 0.3) is 0 Å². The van der Waals surface area contributed by atoms with Crippen molar-refractivity contribution in [3.8, 4) is 23.3 Å². The van der Waals surface area contributed by atoms with E-state index in [2.05, 4.69) is 11.8 Å². The lowest BCUT2D eigenvalue weighted by atomic mass is 10.2. The molecule has 2 rings (SSSR count). The quantitative estimate of drug-likeness (QED) is 0.293. The van der Waals surface area contributed by atoms with Crippen LogP contribution in [0.4, 0.5) is 13.2 Å². The van der Waals surface area contributed by atoms with Crippen molar-refractivity contribution in [3.63, 3.8) is 0 Å². The number of ether oxygens (including phenoxy) is 2. The summed E-state index contributed by atoms with van der Waals surface area (Å²) in [6.45, 7) is 0.307. The molecule has 0 bridgehead atoms. The molecule has 0 spiro atoms. The van der Waals surface area contributed by atoms with E-state index >= 15 is 0 Å². The summed E-state index contributed by atoms with van der Waals surface area (Å²) in [5, 5.41) is 9.08. The summed E-state index contributed by atoms with van der Waals surface area (Å²) in [4.78, 5) is 11.1. The van der Waals surface area contributed by atoms with E-state index in [1.165, 1.54) is 18.2 Å². The van der Waals surface area contributed by atoms with Gasteiger partial charge in [0.1, 0.15) is 30.3 Å². The van der Waals surface area contributed by atoms with Gasteiger partial charge in [-0.05, 0) is 43.2 Å². The molecular weight excluding hydrogens is 445 g/mol. The Morgan fingerprint density at radius 2 is 1.59 bits per heavy atom. The number of carbonyl (C=O) groups is 1. The van der Waals surface area contributed by atoms with Gasteiger partial charge in [0.05, 0.1) is 5.56 Å². The lowest BCUT2D eigenvalue weighted by molar-refractivity contribution is -0.137. The van der Waals surface area contributed by atoms with Gasteiger partial charge in [0, 0.05) is 6.42 Å². The summed E-state index contributed by atoms with van der Waals surface area (Å²) >= 11 is 0. The zero-order valence-corrected chi connectivity index (χ0v) is 18.4. The maximum atomic E-state index is 12.7. The van der Waals surface area contributed by atoms with Crippen LogP contribution < -0.4 is 9.47 Å². The van der Waals surface area contributed by atoms with Gasteiger partial charge >= 0.3 is 12.1 Å². The van der Waals surface area contributed by atoms with Crippen LogP contribution in [0.3, 0.4) is 0 Å². The third-order valence-corrected chi connectivity index (χ3v) is 4.31.